The minimum atomic E-state index is 0.149. The number of benzene rings is 1. The molecule has 3 N–H and O–H groups in total. The summed E-state index contributed by atoms with van der Waals surface area (Å²) in [6.07, 6.45) is 3.30. The molecule has 0 bridgehead atoms. The number of anilines is 1. The van der Waals surface area contributed by atoms with E-state index in [9.17, 15) is 10.2 Å². The highest BCUT2D eigenvalue weighted by Gasteiger charge is 2.22. The van der Waals surface area contributed by atoms with Crippen molar-refractivity contribution in [1.82, 2.24) is 14.8 Å². The summed E-state index contributed by atoms with van der Waals surface area (Å²) in [6, 6.07) is 10.4. The van der Waals surface area contributed by atoms with Crippen LogP contribution in [0.5, 0.6) is 17.5 Å². The molecule has 4 rings (SSSR count). The molecule has 7 nitrogen and oxygen atoms in total. The van der Waals surface area contributed by atoms with Crippen molar-refractivity contribution in [3.05, 3.63) is 35.9 Å². The summed E-state index contributed by atoms with van der Waals surface area (Å²) in [5, 5.41) is 24.0. The highest BCUT2D eigenvalue weighted by molar-refractivity contribution is 5.58. The van der Waals surface area contributed by atoms with Crippen molar-refractivity contribution in [3.63, 3.8) is 0 Å². The maximum absolute atomic E-state index is 10.4. The third kappa shape index (κ3) is 4.79. The third-order valence-electron chi connectivity index (χ3n) is 5.94. The minimum absolute atomic E-state index is 0.149. The van der Waals surface area contributed by atoms with Gasteiger partial charge in [0.05, 0.1) is 12.8 Å². The Morgan fingerprint density at radius 3 is 2.55 bits per heavy atom. The van der Waals surface area contributed by atoms with E-state index in [-0.39, 0.29) is 11.8 Å². The van der Waals surface area contributed by atoms with E-state index in [0.717, 1.165) is 56.1 Å². The van der Waals surface area contributed by atoms with Crippen molar-refractivity contribution in [2.24, 2.45) is 0 Å². The fourth-order valence-electron chi connectivity index (χ4n) is 4.03. The molecule has 1 saturated carbocycles. The molecular formula is C22H32N4O3. The van der Waals surface area contributed by atoms with Gasteiger partial charge in [0.25, 0.3) is 0 Å². The van der Waals surface area contributed by atoms with Gasteiger partial charge in [0, 0.05) is 56.9 Å². The van der Waals surface area contributed by atoms with Gasteiger partial charge in [-0.2, -0.15) is 0 Å². The number of aromatic nitrogens is 1. The lowest BCUT2D eigenvalue weighted by molar-refractivity contribution is 0.245. The van der Waals surface area contributed by atoms with Gasteiger partial charge >= 0.3 is 0 Å². The zero-order valence-corrected chi connectivity index (χ0v) is 17.2. The zero-order chi connectivity index (χ0) is 20.2. The average Bonchev–Trinajstić information content (AvgIpc) is 3.54. The lowest BCUT2D eigenvalue weighted by atomic mass is 10.2. The van der Waals surface area contributed by atoms with Crippen LogP contribution in [0.15, 0.2) is 30.3 Å². The minimum Gasteiger partial charge on any atom is -0.495 e. The first-order chi connectivity index (χ1) is 14.2. The second-order valence-corrected chi connectivity index (χ2v) is 8.01. The highest BCUT2D eigenvalue weighted by atomic mass is 16.5. The van der Waals surface area contributed by atoms with Gasteiger partial charge in [0.2, 0.25) is 0 Å². The normalized spacial score (nSPS) is 17.6. The smallest absolute Gasteiger partial charge is 0.198 e. The molecule has 2 fully saturated rings. The Bertz CT molecular complexity index is 810. The van der Waals surface area contributed by atoms with Crippen molar-refractivity contribution in [3.8, 4) is 17.5 Å². The molecule has 2 aliphatic rings. The quantitative estimate of drug-likeness (QED) is 0.600. The number of aromatic hydroxyl groups is 2. The first-order valence-electron chi connectivity index (χ1n) is 10.6. The van der Waals surface area contributed by atoms with Crippen LogP contribution in [-0.2, 0) is 13.1 Å². The van der Waals surface area contributed by atoms with E-state index < -0.39 is 0 Å². The number of piperazine rings is 1. The molecule has 1 aliphatic heterocycles. The predicted octanol–water partition coefficient (Wildman–Crippen LogP) is 2.37. The van der Waals surface area contributed by atoms with Crippen LogP contribution in [0.2, 0.25) is 0 Å². The SMILES string of the molecule is COc1ccccc1N1CCN(CCCn2c(O)cc(CNC3CC3)c2O)CC1. The topological polar surface area (TPSA) is 73.1 Å². The summed E-state index contributed by atoms with van der Waals surface area (Å²) >= 11 is 0. The second kappa shape index (κ2) is 8.97. The molecule has 29 heavy (non-hydrogen) atoms. The standard InChI is InChI=1S/C22H32N4O3/c1-29-20-6-3-2-5-19(20)25-13-11-24(12-14-25)9-4-10-26-21(27)15-17(22(26)28)16-23-18-7-8-18/h2-3,5-6,15,18,23,27-28H,4,7-14,16H2,1H3. The van der Waals surface area contributed by atoms with Gasteiger partial charge in [-0.15, -0.1) is 0 Å². The summed E-state index contributed by atoms with van der Waals surface area (Å²) in [7, 11) is 1.72. The third-order valence-corrected chi connectivity index (χ3v) is 5.94. The molecular weight excluding hydrogens is 368 g/mol. The van der Waals surface area contributed by atoms with E-state index in [1.807, 2.05) is 12.1 Å². The van der Waals surface area contributed by atoms with E-state index in [1.165, 1.54) is 12.8 Å². The van der Waals surface area contributed by atoms with E-state index >= 15 is 0 Å². The van der Waals surface area contributed by atoms with Crippen LogP contribution in [0.25, 0.3) is 0 Å². The number of nitrogens with zero attached hydrogens (tertiary/aromatic N) is 3. The number of methoxy groups -OCH3 is 1. The van der Waals surface area contributed by atoms with Gasteiger partial charge < -0.3 is 25.2 Å². The Morgan fingerprint density at radius 2 is 1.83 bits per heavy atom. The maximum Gasteiger partial charge on any atom is 0.198 e. The van der Waals surface area contributed by atoms with Crippen molar-refractivity contribution in [2.45, 2.75) is 38.4 Å². The summed E-state index contributed by atoms with van der Waals surface area (Å²) in [5.74, 6) is 1.26. The van der Waals surface area contributed by atoms with Crippen LogP contribution >= 0.6 is 0 Å². The molecule has 0 spiro atoms. The number of hydrogen-bond acceptors (Lipinski definition) is 6. The van der Waals surface area contributed by atoms with Gasteiger partial charge in [-0.25, -0.2) is 0 Å². The molecule has 158 valence electrons. The molecule has 1 saturated heterocycles. The number of hydrogen-bond donors (Lipinski definition) is 3. The summed E-state index contributed by atoms with van der Waals surface area (Å²) < 4.78 is 7.11. The lowest BCUT2D eigenvalue weighted by Gasteiger charge is -2.36. The number of para-hydroxylation sites is 2. The summed E-state index contributed by atoms with van der Waals surface area (Å²) in [4.78, 5) is 4.82. The highest BCUT2D eigenvalue weighted by Crippen LogP contribution is 2.30. The van der Waals surface area contributed by atoms with E-state index in [2.05, 4.69) is 27.2 Å². The lowest BCUT2D eigenvalue weighted by Crippen LogP contribution is -2.46. The van der Waals surface area contributed by atoms with Crippen molar-refractivity contribution in [1.29, 1.82) is 0 Å². The molecule has 2 aromatic rings. The van der Waals surface area contributed by atoms with Crippen molar-refractivity contribution < 1.29 is 14.9 Å². The Morgan fingerprint density at radius 1 is 1.07 bits per heavy atom. The van der Waals surface area contributed by atoms with Gasteiger partial charge in [-0.3, -0.25) is 9.47 Å². The first-order valence-corrected chi connectivity index (χ1v) is 10.6. The van der Waals surface area contributed by atoms with Gasteiger partial charge in [0.1, 0.15) is 5.75 Å². The number of nitrogens with one attached hydrogen (secondary N) is 1. The van der Waals surface area contributed by atoms with Gasteiger partial charge in [-0.1, -0.05) is 12.1 Å². The molecule has 0 atom stereocenters. The molecule has 1 aromatic carbocycles. The van der Waals surface area contributed by atoms with Crippen molar-refractivity contribution >= 4 is 5.69 Å². The maximum atomic E-state index is 10.4. The van der Waals surface area contributed by atoms with Crippen LogP contribution in [0.4, 0.5) is 5.69 Å². The molecule has 1 aliphatic carbocycles. The summed E-state index contributed by atoms with van der Waals surface area (Å²) in [6.45, 7) is 6.12. The molecule has 2 heterocycles. The fraction of sp³-hybridized carbons (Fsp3) is 0.545. The van der Waals surface area contributed by atoms with Crippen LogP contribution in [0.3, 0.4) is 0 Å². The number of rotatable bonds is 9. The Labute approximate surface area is 172 Å². The van der Waals surface area contributed by atoms with Crippen LogP contribution in [0, 0.1) is 0 Å². The summed E-state index contributed by atoms with van der Waals surface area (Å²) in [5.41, 5.74) is 1.93. The molecule has 0 radical (unpaired) electrons. The zero-order valence-electron chi connectivity index (χ0n) is 17.2. The van der Waals surface area contributed by atoms with Crippen LogP contribution < -0.4 is 15.0 Å². The van der Waals surface area contributed by atoms with E-state index in [1.54, 1.807) is 17.7 Å². The van der Waals surface area contributed by atoms with Gasteiger partial charge in [-0.05, 0) is 37.9 Å². The monoisotopic (exact) mass is 400 g/mol. The Hall–Kier alpha value is -2.38. The average molecular weight is 401 g/mol. The number of ether oxygens (including phenoxy) is 1. The second-order valence-electron chi connectivity index (χ2n) is 8.01. The van der Waals surface area contributed by atoms with Gasteiger partial charge in [0.15, 0.2) is 11.8 Å². The molecule has 7 heteroatoms. The van der Waals surface area contributed by atoms with Crippen LogP contribution in [-0.4, -0.2) is 65.6 Å². The molecule has 0 amide bonds. The Kier molecular flexibility index (Phi) is 6.16. The van der Waals surface area contributed by atoms with Crippen molar-refractivity contribution in [2.75, 3.05) is 44.7 Å². The van der Waals surface area contributed by atoms with E-state index in [4.69, 9.17) is 4.74 Å². The Balaban J connectivity index is 1.24. The van der Waals surface area contributed by atoms with E-state index in [0.29, 0.717) is 19.1 Å². The predicted molar refractivity (Wildman–Crippen MR) is 114 cm³/mol. The first kappa shape index (κ1) is 19.9. The molecule has 1 aromatic heterocycles. The largest absolute Gasteiger partial charge is 0.495 e. The molecule has 0 unspecified atom stereocenters. The van der Waals surface area contributed by atoms with Crippen LogP contribution in [0.1, 0.15) is 24.8 Å². The fourth-order valence-corrected chi connectivity index (χ4v) is 4.03.